The number of carbonyl (C=O) groups is 3. The SMILES string of the molecule is O=C1C=CC2=C(c3ccc(NC(=S)NCc4ccc(NC(=O)N5c6nc(-c7cccc(C(F)(F)F)c7)ccc6N6CC[C@H]5C6)cc4)cc3C(=O)O)C3C=CC(O)=CC3OC2=C1. The molecule has 5 N–H and O–H groups in total. The number of aromatic nitrogens is 1. The molecule has 1 fully saturated rings. The summed E-state index contributed by atoms with van der Waals surface area (Å²) in [6.07, 6.45) is 4.71. The lowest BCUT2D eigenvalue weighted by atomic mass is 9.77. The molecule has 3 aromatic carbocycles. The number of alkyl halides is 3. The van der Waals surface area contributed by atoms with Crippen LogP contribution >= 0.6 is 12.2 Å². The van der Waals surface area contributed by atoms with Crippen molar-refractivity contribution in [1.82, 2.24) is 10.3 Å². The number of benzene rings is 3. The van der Waals surface area contributed by atoms with Crippen molar-refractivity contribution in [3.63, 3.8) is 0 Å². The molecule has 308 valence electrons. The number of nitrogens with zero attached hydrogens (tertiary/aromatic N) is 3. The van der Waals surface area contributed by atoms with Gasteiger partial charge in [-0.15, -0.1) is 0 Å². The first-order valence-electron chi connectivity index (χ1n) is 19.3. The van der Waals surface area contributed by atoms with Crippen LogP contribution in [0.3, 0.4) is 0 Å². The van der Waals surface area contributed by atoms with Crippen molar-refractivity contribution in [2.24, 2.45) is 5.92 Å². The van der Waals surface area contributed by atoms with Gasteiger partial charge in [0.2, 0.25) is 0 Å². The van der Waals surface area contributed by atoms with Crippen molar-refractivity contribution >= 4 is 63.6 Å². The van der Waals surface area contributed by atoms with Gasteiger partial charge >= 0.3 is 18.2 Å². The van der Waals surface area contributed by atoms with E-state index < -0.39 is 35.8 Å². The zero-order valence-corrected chi connectivity index (χ0v) is 32.8. The first-order chi connectivity index (χ1) is 29.3. The molecule has 16 heteroatoms. The number of carboxylic acids is 1. The highest BCUT2D eigenvalue weighted by Gasteiger charge is 2.41. The van der Waals surface area contributed by atoms with E-state index in [9.17, 15) is 37.8 Å². The third-order valence-corrected chi connectivity index (χ3v) is 11.4. The van der Waals surface area contributed by atoms with Crippen molar-refractivity contribution < 1.29 is 42.5 Å². The van der Waals surface area contributed by atoms with E-state index in [0.29, 0.717) is 70.4 Å². The maximum absolute atomic E-state index is 13.8. The summed E-state index contributed by atoms with van der Waals surface area (Å²) >= 11 is 5.55. The lowest BCUT2D eigenvalue weighted by molar-refractivity contribution is -0.137. The van der Waals surface area contributed by atoms with Crippen LogP contribution in [0, 0.1) is 5.92 Å². The first-order valence-corrected chi connectivity index (χ1v) is 19.7. The molecule has 1 saturated heterocycles. The maximum atomic E-state index is 13.8. The Kier molecular flexibility index (Phi) is 9.94. The number of hydrogen-bond acceptors (Lipinski definition) is 8. The molecule has 3 aliphatic heterocycles. The maximum Gasteiger partial charge on any atom is 0.416 e. The lowest BCUT2D eigenvalue weighted by Gasteiger charge is -2.36. The summed E-state index contributed by atoms with van der Waals surface area (Å²) in [5.74, 6) is -1.19. The molecule has 4 aromatic rings. The Morgan fingerprint density at radius 3 is 2.56 bits per heavy atom. The standard InChI is InChI=1S/C45H35F3N6O6S/c46-45(47,48)26-3-1-2-25(18-26)36-14-15-37-41(52-36)54(29-16-17-53(37)23-29)44(59)51-27-6-4-24(5-7-27)22-49-43(61)50-28-8-11-32(35(19-28)42(57)58)40-33-12-9-30(55)20-38(33)60-39-21-31(56)10-13-34(39)40/h1-15,18-21,29,33,38,55H,16-17,22-23H2,(H,51,59)(H,57,58)(H2,49,50,61)/t29-,33?,38?/m0/s1. The number of allylic oxidation sites excluding steroid dienone is 4. The Morgan fingerprint density at radius 2 is 1.77 bits per heavy atom. The summed E-state index contributed by atoms with van der Waals surface area (Å²) < 4.78 is 46.4. The van der Waals surface area contributed by atoms with Gasteiger partial charge in [-0.05, 0) is 108 Å². The first kappa shape index (κ1) is 39.3. The summed E-state index contributed by atoms with van der Waals surface area (Å²) in [6.45, 7) is 1.63. The number of ether oxygens (including phenoxy) is 1. The van der Waals surface area contributed by atoms with Gasteiger partial charge in [0.1, 0.15) is 17.6 Å². The van der Waals surface area contributed by atoms with E-state index in [1.54, 1.807) is 59.5 Å². The van der Waals surface area contributed by atoms with Crippen molar-refractivity contribution in [3.05, 3.63) is 155 Å². The van der Waals surface area contributed by atoms with Gasteiger partial charge in [0.15, 0.2) is 16.7 Å². The van der Waals surface area contributed by atoms with Gasteiger partial charge in [-0.1, -0.05) is 36.4 Å². The molecule has 5 aliphatic rings. The third-order valence-electron chi connectivity index (χ3n) is 11.1. The van der Waals surface area contributed by atoms with Crippen LogP contribution < -0.4 is 25.8 Å². The van der Waals surface area contributed by atoms with Crippen LogP contribution in [0.1, 0.15) is 33.5 Å². The number of fused-ring (bicyclic) bond motifs is 6. The summed E-state index contributed by atoms with van der Waals surface area (Å²) in [4.78, 5) is 47.1. The van der Waals surface area contributed by atoms with Crippen LogP contribution in [0.2, 0.25) is 0 Å². The van der Waals surface area contributed by atoms with Crippen molar-refractivity contribution in [2.45, 2.75) is 31.3 Å². The number of thiocarbonyl (C=S) groups is 1. The van der Waals surface area contributed by atoms with E-state index >= 15 is 0 Å². The van der Waals surface area contributed by atoms with Crippen LogP contribution in [-0.4, -0.2) is 63.3 Å². The van der Waals surface area contributed by atoms with Gasteiger partial charge in [-0.3, -0.25) is 9.69 Å². The molecule has 2 bridgehead atoms. The van der Waals surface area contributed by atoms with E-state index in [4.69, 9.17) is 21.9 Å². The van der Waals surface area contributed by atoms with Gasteiger partial charge in [-0.2, -0.15) is 13.2 Å². The minimum Gasteiger partial charge on any atom is -0.508 e. The number of amides is 2. The zero-order chi connectivity index (χ0) is 42.6. The summed E-state index contributed by atoms with van der Waals surface area (Å²) in [5.41, 5.74) is 3.99. The molecular weight excluding hydrogens is 810 g/mol. The highest BCUT2D eigenvalue weighted by atomic mass is 32.1. The van der Waals surface area contributed by atoms with Gasteiger partial charge in [0, 0.05) is 54.1 Å². The predicted octanol–water partition coefficient (Wildman–Crippen LogP) is 8.39. The van der Waals surface area contributed by atoms with E-state index in [1.807, 2.05) is 12.1 Å². The molecule has 61 heavy (non-hydrogen) atoms. The molecule has 2 amide bonds. The van der Waals surface area contributed by atoms with Gasteiger partial charge in [0.25, 0.3) is 0 Å². The normalized spacial score (nSPS) is 19.9. The number of anilines is 4. The molecule has 2 unspecified atom stereocenters. The van der Waals surface area contributed by atoms with Crippen LogP contribution in [0.15, 0.2) is 132 Å². The average molecular weight is 845 g/mol. The summed E-state index contributed by atoms with van der Waals surface area (Å²) in [5, 5.41) is 29.8. The number of aromatic carboxylic acids is 1. The number of carboxylic acid groups (broad SMARTS) is 1. The molecule has 0 spiro atoms. The second kappa shape index (κ2) is 15.4. The number of aliphatic hydroxyl groups is 1. The van der Waals surface area contributed by atoms with Crippen LogP contribution in [0.4, 0.5) is 40.8 Å². The average Bonchev–Trinajstić information content (AvgIpc) is 3.65. The highest BCUT2D eigenvalue weighted by Crippen LogP contribution is 2.45. The fraction of sp³-hybridized carbons (Fsp3) is 0.178. The van der Waals surface area contributed by atoms with Crippen LogP contribution in [-0.2, 0) is 22.3 Å². The molecule has 0 radical (unpaired) electrons. The van der Waals surface area contributed by atoms with E-state index in [1.165, 1.54) is 36.4 Å². The monoisotopic (exact) mass is 844 g/mol. The zero-order valence-electron chi connectivity index (χ0n) is 31.9. The third kappa shape index (κ3) is 7.73. The Labute approximate surface area is 352 Å². The minimum atomic E-state index is -4.51. The minimum absolute atomic E-state index is 0.00391. The molecule has 12 nitrogen and oxygen atoms in total. The number of ketones is 1. The van der Waals surface area contributed by atoms with Gasteiger partial charge in [0.05, 0.1) is 28.6 Å². The molecule has 0 saturated carbocycles. The Hall–Kier alpha value is -7.20. The Balaban J connectivity index is 0.865. The predicted molar refractivity (Wildman–Crippen MR) is 227 cm³/mol. The second-order valence-electron chi connectivity index (χ2n) is 15.0. The fourth-order valence-electron chi connectivity index (χ4n) is 8.25. The van der Waals surface area contributed by atoms with E-state index in [2.05, 4.69) is 20.9 Å². The topological polar surface area (TPSA) is 156 Å². The van der Waals surface area contributed by atoms with Gasteiger partial charge < -0.3 is 35.8 Å². The van der Waals surface area contributed by atoms with Crippen LogP contribution in [0.5, 0.6) is 0 Å². The summed E-state index contributed by atoms with van der Waals surface area (Å²) in [6, 6.07) is 19.8. The Bertz CT molecular complexity index is 2690. The lowest BCUT2D eigenvalue weighted by Crippen LogP contribution is -2.48. The number of carbonyl (C=O) groups excluding carboxylic acids is 2. The van der Waals surface area contributed by atoms with Crippen molar-refractivity contribution in [1.29, 1.82) is 0 Å². The van der Waals surface area contributed by atoms with Crippen molar-refractivity contribution in [3.8, 4) is 11.3 Å². The van der Waals surface area contributed by atoms with Crippen LogP contribution in [0.25, 0.3) is 16.8 Å². The molecule has 1 aromatic heterocycles. The van der Waals surface area contributed by atoms with E-state index in [-0.39, 0.29) is 28.3 Å². The number of urea groups is 1. The quantitative estimate of drug-likeness (QED) is 0.114. The molecular formula is C45H35F3N6O6S. The number of rotatable bonds is 7. The highest BCUT2D eigenvalue weighted by molar-refractivity contribution is 7.80. The van der Waals surface area contributed by atoms with Crippen molar-refractivity contribution in [2.75, 3.05) is 33.5 Å². The molecule has 2 aliphatic carbocycles. The van der Waals surface area contributed by atoms with Gasteiger partial charge in [-0.25, -0.2) is 14.6 Å². The number of halogens is 3. The number of nitrogens with one attached hydrogen (secondary N) is 3. The second-order valence-corrected chi connectivity index (χ2v) is 15.4. The fourth-order valence-corrected chi connectivity index (χ4v) is 8.44. The molecule has 4 heterocycles. The molecule has 3 atom stereocenters. The smallest absolute Gasteiger partial charge is 0.416 e. The number of hydrogen-bond donors (Lipinski definition) is 5. The van der Waals surface area contributed by atoms with E-state index in [0.717, 1.165) is 29.9 Å². The number of pyridine rings is 1. The number of aliphatic hydroxyl groups excluding tert-OH is 1. The Morgan fingerprint density at radius 1 is 0.967 bits per heavy atom. The molecule has 9 rings (SSSR count). The summed E-state index contributed by atoms with van der Waals surface area (Å²) in [7, 11) is 0. The largest absolute Gasteiger partial charge is 0.508 e.